The number of benzene rings is 1. The van der Waals surface area contributed by atoms with Gasteiger partial charge in [-0.1, -0.05) is 38.0 Å². The van der Waals surface area contributed by atoms with Crippen LogP contribution in [0.25, 0.3) is 0 Å². The summed E-state index contributed by atoms with van der Waals surface area (Å²) in [5.41, 5.74) is 1.59. The first kappa shape index (κ1) is 18.7. The van der Waals surface area contributed by atoms with E-state index >= 15 is 0 Å². The van der Waals surface area contributed by atoms with E-state index in [2.05, 4.69) is 19.9 Å². The highest BCUT2D eigenvalue weighted by Gasteiger charge is 2.15. The summed E-state index contributed by atoms with van der Waals surface area (Å²) in [6.45, 7) is 7.64. The second kappa shape index (κ2) is 8.32. The predicted octanol–water partition coefficient (Wildman–Crippen LogP) is 3.88. The number of hydrogen-bond acceptors (Lipinski definition) is 4. The second-order valence-corrected chi connectivity index (χ2v) is 5.83. The van der Waals surface area contributed by atoms with E-state index in [0.717, 1.165) is 12.0 Å². The van der Waals surface area contributed by atoms with Crippen LogP contribution in [0.15, 0.2) is 29.9 Å². The molecule has 0 bridgehead atoms. The van der Waals surface area contributed by atoms with Gasteiger partial charge in [0.2, 0.25) is 0 Å². The van der Waals surface area contributed by atoms with Crippen LogP contribution in [0.4, 0.5) is 0 Å². The molecule has 0 spiro atoms. The van der Waals surface area contributed by atoms with E-state index in [9.17, 15) is 19.8 Å². The summed E-state index contributed by atoms with van der Waals surface area (Å²) in [6, 6.07) is 1.35. The Morgan fingerprint density at radius 3 is 2.52 bits per heavy atom. The molecule has 0 aliphatic heterocycles. The summed E-state index contributed by atoms with van der Waals surface area (Å²) in [4.78, 5) is 23.2. The van der Waals surface area contributed by atoms with Gasteiger partial charge in [0.15, 0.2) is 12.1 Å². The van der Waals surface area contributed by atoms with Crippen LogP contribution >= 0.6 is 0 Å². The zero-order valence-electron chi connectivity index (χ0n) is 14.1. The van der Waals surface area contributed by atoms with Crippen LogP contribution in [0.3, 0.4) is 0 Å². The molecule has 4 heteroatoms. The lowest BCUT2D eigenvalue weighted by molar-refractivity contribution is -0.114. The molecule has 124 valence electrons. The molecule has 4 nitrogen and oxygen atoms in total. The van der Waals surface area contributed by atoms with Crippen molar-refractivity contribution in [2.75, 3.05) is 0 Å². The summed E-state index contributed by atoms with van der Waals surface area (Å²) in [5, 5.41) is 19.6. The Morgan fingerprint density at radius 2 is 1.96 bits per heavy atom. The molecule has 0 aliphatic rings. The fourth-order valence-corrected chi connectivity index (χ4v) is 2.20. The number of aromatic hydroxyl groups is 2. The minimum absolute atomic E-state index is 0.0499. The molecule has 1 unspecified atom stereocenters. The number of allylic oxidation sites excluding steroid dienone is 4. The second-order valence-electron chi connectivity index (χ2n) is 5.83. The molecular weight excluding hydrogens is 292 g/mol. The Morgan fingerprint density at radius 1 is 1.30 bits per heavy atom. The SMILES string of the molecule is CCC(C)/C=C(C)/C=C/C(=O)Cc1cc(O)c(C)c(O)c1C=O. The molecule has 1 atom stereocenters. The van der Waals surface area contributed by atoms with Gasteiger partial charge >= 0.3 is 0 Å². The van der Waals surface area contributed by atoms with Crippen LogP contribution in [0.1, 0.15) is 48.7 Å². The van der Waals surface area contributed by atoms with Crippen LogP contribution in [-0.4, -0.2) is 22.3 Å². The summed E-state index contributed by atoms with van der Waals surface area (Å²) in [7, 11) is 0. The summed E-state index contributed by atoms with van der Waals surface area (Å²) in [5.74, 6) is -0.164. The lowest BCUT2D eigenvalue weighted by atomic mass is 9.98. The molecule has 0 aromatic heterocycles. The van der Waals surface area contributed by atoms with Crippen molar-refractivity contribution in [3.8, 4) is 11.5 Å². The zero-order chi connectivity index (χ0) is 17.6. The molecule has 0 aliphatic carbocycles. The van der Waals surface area contributed by atoms with Crippen molar-refractivity contribution in [2.45, 2.75) is 40.5 Å². The maximum Gasteiger partial charge on any atom is 0.160 e. The van der Waals surface area contributed by atoms with Crippen molar-refractivity contribution in [3.63, 3.8) is 0 Å². The number of hydrogen-bond donors (Lipinski definition) is 2. The van der Waals surface area contributed by atoms with Gasteiger partial charge in [-0.3, -0.25) is 9.59 Å². The summed E-state index contributed by atoms with van der Waals surface area (Å²) < 4.78 is 0. The first-order valence-corrected chi connectivity index (χ1v) is 7.69. The minimum atomic E-state index is -0.278. The average molecular weight is 316 g/mol. The highest BCUT2D eigenvalue weighted by molar-refractivity contribution is 5.94. The molecule has 1 aromatic carbocycles. The van der Waals surface area contributed by atoms with Crippen molar-refractivity contribution in [3.05, 3.63) is 46.6 Å². The number of aldehydes is 1. The van der Waals surface area contributed by atoms with E-state index in [1.807, 2.05) is 6.92 Å². The molecule has 0 heterocycles. The van der Waals surface area contributed by atoms with E-state index < -0.39 is 0 Å². The zero-order valence-corrected chi connectivity index (χ0v) is 14.1. The smallest absolute Gasteiger partial charge is 0.160 e. The Hall–Kier alpha value is -2.36. The van der Waals surface area contributed by atoms with E-state index in [0.29, 0.717) is 17.8 Å². The van der Waals surface area contributed by atoms with Gasteiger partial charge < -0.3 is 10.2 Å². The third kappa shape index (κ3) is 5.09. The number of phenolic OH excluding ortho intramolecular Hbond substituents is 2. The van der Waals surface area contributed by atoms with Crippen LogP contribution in [0.2, 0.25) is 0 Å². The lowest BCUT2D eigenvalue weighted by Gasteiger charge is -2.09. The Balaban J connectivity index is 2.94. The predicted molar refractivity (Wildman–Crippen MR) is 91.0 cm³/mol. The third-order valence-electron chi connectivity index (χ3n) is 3.86. The Labute approximate surface area is 137 Å². The highest BCUT2D eigenvalue weighted by atomic mass is 16.3. The quantitative estimate of drug-likeness (QED) is 0.455. The molecule has 1 aromatic rings. The highest BCUT2D eigenvalue weighted by Crippen LogP contribution is 2.32. The van der Waals surface area contributed by atoms with E-state index in [1.54, 1.807) is 6.08 Å². The molecule has 0 fully saturated rings. The maximum absolute atomic E-state index is 12.1. The van der Waals surface area contributed by atoms with Gasteiger partial charge in [-0.25, -0.2) is 0 Å². The van der Waals surface area contributed by atoms with Gasteiger partial charge in [0.05, 0.1) is 5.56 Å². The average Bonchev–Trinajstić information content (AvgIpc) is 2.51. The maximum atomic E-state index is 12.1. The van der Waals surface area contributed by atoms with Gasteiger partial charge in [-0.15, -0.1) is 0 Å². The van der Waals surface area contributed by atoms with Crippen molar-refractivity contribution >= 4 is 12.1 Å². The molecule has 23 heavy (non-hydrogen) atoms. The number of rotatable bonds is 7. The molecule has 1 rings (SSSR count). The molecule has 2 N–H and O–H groups in total. The van der Waals surface area contributed by atoms with Gasteiger partial charge in [0.25, 0.3) is 0 Å². The van der Waals surface area contributed by atoms with Crippen molar-refractivity contribution < 1.29 is 19.8 Å². The topological polar surface area (TPSA) is 74.6 Å². The summed E-state index contributed by atoms with van der Waals surface area (Å²) >= 11 is 0. The fraction of sp³-hybridized carbons (Fsp3) is 0.368. The van der Waals surface area contributed by atoms with Gasteiger partial charge in [-0.2, -0.15) is 0 Å². The monoisotopic (exact) mass is 316 g/mol. The normalized spacial score (nSPS) is 13.3. The van der Waals surface area contributed by atoms with Gasteiger partial charge in [-0.05, 0) is 37.5 Å². The Bertz CT molecular complexity index is 654. The summed E-state index contributed by atoms with van der Waals surface area (Å²) in [6.07, 6.45) is 6.76. The number of carbonyl (C=O) groups is 2. The molecular formula is C19H24O4. The van der Waals surface area contributed by atoms with Crippen LogP contribution < -0.4 is 0 Å². The number of phenols is 2. The van der Waals surface area contributed by atoms with Crippen molar-refractivity contribution in [2.24, 2.45) is 5.92 Å². The van der Waals surface area contributed by atoms with Crippen LogP contribution in [0.5, 0.6) is 11.5 Å². The first-order chi connectivity index (χ1) is 10.8. The standard InChI is InChI=1S/C19H24O4/c1-5-12(2)8-13(3)6-7-16(21)9-15-10-18(22)14(4)19(23)17(15)11-20/h6-8,10-12,22-23H,5,9H2,1-4H3/b7-6+,13-8+. The van der Waals surface area contributed by atoms with Crippen molar-refractivity contribution in [1.82, 2.24) is 0 Å². The molecule has 0 saturated heterocycles. The first-order valence-electron chi connectivity index (χ1n) is 7.69. The lowest BCUT2D eigenvalue weighted by Crippen LogP contribution is -2.03. The third-order valence-corrected chi connectivity index (χ3v) is 3.86. The molecule has 0 amide bonds. The minimum Gasteiger partial charge on any atom is -0.508 e. The number of ketones is 1. The molecule has 0 radical (unpaired) electrons. The van der Waals surface area contributed by atoms with E-state index in [1.165, 1.54) is 19.1 Å². The fourth-order valence-electron chi connectivity index (χ4n) is 2.20. The number of carbonyl (C=O) groups excluding carboxylic acids is 2. The van der Waals surface area contributed by atoms with Crippen LogP contribution in [-0.2, 0) is 11.2 Å². The Kier molecular flexibility index (Phi) is 6.76. The van der Waals surface area contributed by atoms with Crippen molar-refractivity contribution in [1.29, 1.82) is 0 Å². The van der Waals surface area contributed by atoms with Gasteiger partial charge in [0, 0.05) is 12.0 Å². The largest absolute Gasteiger partial charge is 0.508 e. The van der Waals surface area contributed by atoms with Crippen LogP contribution in [0, 0.1) is 12.8 Å². The molecule has 0 saturated carbocycles. The van der Waals surface area contributed by atoms with E-state index in [4.69, 9.17) is 0 Å². The van der Waals surface area contributed by atoms with Gasteiger partial charge in [0.1, 0.15) is 11.5 Å². The van der Waals surface area contributed by atoms with E-state index in [-0.39, 0.29) is 34.8 Å².